The Morgan fingerprint density at radius 1 is 1.10 bits per heavy atom. The van der Waals surface area contributed by atoms with Crippen molar-refractivity contribution in [3.8, 4) is 5.75 Å². The molecule has 0 spiro atoms. The number of piperazine rings is 1. The molecule has 1 N–H and O–H groups in total. The number of benzene rings is 2. The zero-order chi connectivity index (χ0) is 22.4. The zero-order valence-corrected chi connectivity index (χ0v) is 19.2. The number of hydrogen-bond donors (Lipinski definition) is 1. The number of ether oxygens (including phenoxy) is 1. The van der Waals surface area contributed by atoms with Gasteiger partial charge in [-0.1, -0.05) is 30.3 Å². The first-order valence-corrected chi connectivity index (χ1v) is 12.1. The molecule has 3 rings (SSSR count). The SMILES string of the molecule is CCOc1ccc(S(=O)(=O)N[C@H](C)C(=O)N2CCN(Cc3ccccc3)CC2)cc1C. The van der Waals surface area contributed by atoms with Crippen LogP contribution in [0.2, 0.25) is 0 Å². The summed E-state index contributed by atoms with van der Waals surface area (Å²) in [5.41, 5.74) is 1.98. The Bertz CT molecular complexity index is 987. The average molecular weight is 446 g/mol. The van der Waals surface area contributed by atoms with Crippen LogP contribution in [-0.2, 0) is 21.4 Å². The van der Waals surface area contributed by atoms with Gasteiger partial charge in [0.25, 0.3) is 0 Å². The van der Waals surface area contributed by atoms with Crippen LogP contribution >= 0.6 is 0 Å². The van der Waals surface area contributed by atoms with Crippen LogP contribution in [0.3, 0.4) is 0 Å². The van der Waals surface area contributed by atoms with E-state index in [4.69, 9.17) is 4.74 Å². The normalized spacial score (nSPS) is 16.2. The van der Waals surface area contributed by atoms with E-state index in [2.05, 4.69) is 21.8 Å². The molecule has 1 amide bonds. The quantitative estimate of drug-likeness (QED) is 0.675. The van der Waals surface area contributed by atoms with Crippen LogP contribution in [0.4, 0.5) is 0 Å². The highest BCUT2D eigenvalue weighted by Crippen LogP contribution is 2.22. The second-order valence-corrected chi connectivity index (χ2v) is 9.50. The van der Waals surface area contributed by atoms with Gasteiger partial charge in [0.1, 0.15) is 5.75 Å². The maximum Gasteiger partial charge on any atom is 0.241 e. The van der Waals surface area contributed by atoms with Gasteiger partial charge in [0.15, 0.2) is 0 Å². The van der Waals surface area contributed by atoms with Crippen LogP contribution in [0.15, 0.2) is 53.4 Å². The third kappa shape index (κ3) is 6.06. The molecule has 0 bridgehead atoms. The zero-order valence-electron chi connectivity index (χ0n) is 18.4. The molecule has 168 valence electrons. The van der Waals surface area contributed by atoms with Crippen LogP contribution in [-0.4, -0.2) is 63.0 Å². The van der Waals surface area contributed by atoms with Crippen molar-refractivity contribution in [3.05, 3.63) is 59.7 Å². The number of nitrogens with one attached hydrogen (secondary N) is 1. The maximum atomic E-state index is 12.8. The Morgan fingerprint density at radius 3 is 2.39 bits per heavy atom. The summed E-state index contributed by atoms with van der Waals surface area (Å²) in [6.07, 6.45) is 0. The number of amides is 1. The summed E-state index contributed by atoms with van der Waals surface area (Å²) in [6, 6.07) is 14.1. The second kappa shape index (κ2) is 10.3. The Labute approximate surface area is 185 Å². The molecule has 8 heteroatoms. The van der Waals surface area contributed by atoms with Gasteiger partial charge < -0.3 is 9.64 Å². The molecule has 0 saturated carbocycles. The Morgan fingerprint density at radius 2 is 1.77 bits per heavy atom. The highest BCUT2D eigenvalue weighted by molar-refractivity contribution is 7.89. The summed E-state index contributed by atoms with van der Waals surface area (Å²) < 4.78 is 33.5. The number of aryl methyl sites for hydroxylation is 1. The number of rotatable bonds is 8. The van der Waals surface area contributed by atoms with Gasteiger partial charge >= 0.3 is 0 Å². The molecule has 2 aromatic rings. The molecule has 1 heterocycles. The number of hydrogen-bond acceptors (Lipinski definition) is 5. The molecule has 0 aliphatic carbocycles. The topological polar surface area (TPSA) is 78.9 Å². The van der Waals surface area contributed by atoms with Crippen molar-refractivity contribution in [2.75, 3.05) is 32.8 Å². The summed E-state index contributed by atoms with van der Waals surface area (Å²) in [6.45, 7) is 9.32. The predicted molar refractivity (Wildman–Crippen MR) is 120 cm³/mol. The number of carbonyl (C=O) groups is 1. The van der Waals surface area contributed by atoms with E-state index in [9.17, 15) is 13.2 Å². The van der Waals surface area contributed by atoms with E-state index in [-0.39, 0.29) is 10.8 Å². The minimum atomic E-state index is -3.81. The van der Waals surface area contributed by atoms with E-state index in [1.54, 1.807) is 30.9 Å². The Kier molecular flexibility index (Phi) is 7.69. The second-order valence-electron chi connectivity index (χ2n) is 7.79. The fourth-order valence-electron chi connectivity index (χ4n) is 3.70. The van der Waals surface area contributed by atoms with Gasteiger partial charge in [-0.25, -0.2) is 8.42 Å². The molecule has 1 atom stereocenters. The van der Waals surface area contributed by atoms with E-state index in [0.29, 0.717) is 25.4 Å². The van der Waals surface area contributed by atoms with Gasteiger partial charge in [-0.2, -0.15) is 4.72 Å². The molecule has 31 heavy (non-hydrogen) atoms. The molecule has 2 aromatic carbocycles. The smallest absolute Gasteiger partial charge is 0.241 e. The molecule has 7 nitrogen and oxygen atoms in total. The fraction of sp³-hybridized carbons (Fsp3) is 0.435. The lowest BCUT2D eigenvalue weighted by atomic mass is 10.2. The predicted octanol–water partition coefficient (Wildman–Crippen LogP) is 2.40. The molecule has 0 unspecified atom stereocenters. The lowest BCUT2D eigenvalue weighted by molar-refractivity contribution is -0.134. The molecule has 1 saturated heterocycles. The van der Waals surface area contributed by atoms with E-state index in [0.717, 1.165) is 25.2 Å². The van der Waals surface area contributed by atoms with Crippen molar-refractivity contribution in [3.63, 3.8) is 0 Å². The molecule has 1 aliphatic heterocycles. The molecular formula is C23H31N3O4S. The van der Waals surface area contributed by atoms with E-state index < -0.39 is 16.1 Å². The maximum absolute atomic E-state index is 12.8. The monoisotopic (exact) mass is 445 g/mol. The summed E-state index contributed by atoms with van der Waals surface area (Å²) >= 11 is 0. The van der Waals surface area contributed by atoms with Crippen LogP contribution < -0.4 is 9.46 Å². The van der Waals surface area contributed by atoms with E-state index in [1.165, 1.54) is 11.6 Å². The summed E-state index contributed by atoms with van der Waals surface area (Å²) in [7, 11) is -3.81. The third-order valence-electron chi connectivity index (χ3n) is 5.39. The minimum absolute atomic E-state index is 0.126. The first kappa shape index (κ1) is 23.2. The summed E-state index contributed by atoms with van der Waals surface area (Å²) in [5, 5.41) is 0. The van der Waals surface area contributed by atoms with Crippen molar-refractivity contribution in [1.82, 2.24) is 14.5 Å². The lowest BCUT2D eigenvalue weighted by Gasteiger charge is -2.36. The number of nitrogens with zero attached hydrogens (tertiary/aromatic N) is 2. The van der Waals surface area contributed by atoms with Gasteiger partial charge in [-0.15, -0.1) is 0 Å². The van der Waals surface area contributed by atoms with Crippen molar-refractivity contribution < 1.29 is 17.9 Å². The molecule has 1 fully saturated rings. The minimum Gasteiger partial charge on any atom is -0.494 e. The van der Waals surface area contributed by atoms with Crippen LogP contribution in [0.1, 0.15) is 25.0 Å². The van der Waals surface area contributed by atoms with E-state index >= 15 is 0 Å². The summed E-state index contributed by atoms with van der Waals surface area (Å²) in [4.78, 5) is 17.0. The van der Waals surface area contributed by atoms with Gasteiger partial charge in [0.2, 0.25) is 15.9 Å². The molecule has 1 aliphatic rings. The van der Waals surface area contributed by atoms with Gasteiger partial charge in [0, 0.05) is 32.7 Å². The Hall–Kier alpha value is -2.42. The lowest BCUT2D eigenvalue weighted by Crippen LogP contribution is -2.53. The molecular weight excluding hydrogens is 414 g/mol. The van der Waals surface area contributed by atoms with Crippen LogP contribution in [0.25, 0.3) is 0 Å². The number of sulfonamides is 1. The van der Waals surface area contributed by atoms with Crippen molar-refractivity contribution in [2.45, 2.75) is 38.3 Å². The highest BCUT2D eigenvalue weighted by Gasteiger charge is 2.28. The van der Waals surface area contributed by atoms with Gasteiger partial charge in [-0.3, -0.25) is 9.69 Å². The fourth-order valence-corrected chi connectivity index (χ4v) is 4.98. The molecule has 0 radical (unpaired) electrons. The van der Waals surface area contributed by atoms with Crippen molar-refractivity contribution >= 4 is 15.9 Å². The van der Waals surface area contributed by atoms with Crippen molar-refractivity contribution in [1.29, 1.82) is 0 Å². The van der Waals surface area contributed by atoms with Crippen LogP contribution in [0.5, 0.6) is 5.75 Å². The Balaban J connectivity index is 1.56. The highest BCUT2D eigenvalue weighted by atomic mass is 32.2. The van der Waals surface area contributed by atoms with Gasteiger partial charge in [0.05, 0.1) is 17.5 Å². The van der Waals surface area contributed by atoms with Gasteiger partial charge in [-0.05, 0) is 50.1 Å². The third-order valence-corrected chi connectivity index (χ3v) is 6.93. The largest absolute Gasteiger partial charge is 0.494 e. The van der Waals surface area contributed by atoms with E-state index in [1.807, 2.05) is 25.1 Å². The average Bonchev–Trinajstić information content (AvgIpc) is 2.75. The summed E-state index contributed by atoms with van der Waals surface area (Å²) in [5.74, 6) is 0.449. The van der Waals surface area contributed by atoms with Crippen molar-refractivity contribution in [2.24, 2.45) is 0 Å². The van der Waals surface area contributed by atoms with Crippen LogP contribution in [0, 0.1) is 6.92 Å². The first-order valence-electron chi connectivity index (χ1n) is 10.6. The number of carbonyl (C=O) groups excluding carboxylic acids is 1. The standard InChI is InChI=1S/C23H31N3O4S/c1-4-30-22-11-10-21(16-18(22)2)31(28,29)24-19(3)23(27)26-14-12-25(13-15-26)17-20-8-6-5-7-9-20/h5-11,16,19,24H,4,12-15,17H2,1-3H3/t19-/m1/s1. The first-order chi connectivity index (χ1) is 14.8. The molecule has 0 aromatic heterocycles.